The number of hydrogen-bond acceptors (Lipinski definition) is 8. The molecule has 0 aliphatic heterocycles. The van der Waals surface area contributed by atoms with Crippen molar-refractivity contribution in [2.24, 2.45) is 5.92 Å². The number of nitrogens with zero attached hydrogens (tertiary/aromatic N) is 3. The van der Waals surface area contributed by atoms with Gasteiger partial charge in [-0.3, -0.25) is 19.8 Å². The Morgan fingerprint density at radius 2 is 1.77 bits per heavy atom. The molecule has 0 aliphatic rings. The van der Waals surface area contributed by atoms with Crippen LogP contribution in [0.15, 0.2) is 36.5 Å². The molecule has 1 aromatic heterocycles. The molecule has 1 aromatic carbocycles. The highest BCUT2D eigenvalue weighted by Crippen LogP contribution is 2.35. The smallest absolute Gasteiger partial charge is 0.428 e. The molecule has 2 atom stereocenters. The van der Waals surface area contributed by atoms with Crippen LogP contribution in [0.2, 0.25) is 0 Å². The highest BCUT2D eigenvalue weighted by molar-refractivity contribution is 5.89. The molecule has 0 fully saturated rings. The van der Waals surface area contributed by atoms with Crippen LogP contribution in [0.1, 0.15) is 77.2 Å². The number of hydrazine groups is 1. The van der Waals surface area contributed by atoms with Gasteiger partial charge >= 0.3 is 12.1 Å². The van der Waals surface area contributed by atoms with Gasteiger partial charge in [0, 0.05) is 32.7 Å². The third kappa shape index (κ3) is 10.6. The summed E-state index contributed by atoms with van der Waals surface area (Å²) in [6.45, 7) is 10.4. The molecular weight excluding hydrogens is 566 g/mol. The molecule has 43 heavy (non-hydrogen) atoms. The van der Waals surface area contributed by atoms with Crippen LogP contribution in [0.5, 0.6) is 5.88 Å². The number of amides is 2. The zero-order chi connectivity index (χ0) is 32.6. The Bertz CT molecular complexity index is 1290. The number of rotatable bonds is 12. The summed E-state index contributed by atoms with van der Waals surface area (Å²) in [5.41, 5.74) is 1.21. The Morgan fingerprint density at radius 3 is 2.35 bits per heavy atom. The van der Waals surface area contributed by atoms with E-state index in [0.717, 1.165) is 9.69 Å². The van der Waals surface area contributed by atoms with Crippen molar-refractivity contribution >= 4 is 23.9 Å². The first-order valence-corrected chi connectivity index (χ1v) is 14.0. The van der Waals surface area contributed by atoms with Crippen molar-refractivity contribution in [2.45, 2.75) is 84.7 Å². The standard InChI is InChI=1S/C30H42F2N4O7/c1-9-41-25(38)20(2)17-22-11-10-12-23(18-22)29(7,26(39)34-35(8)27(40)43-28(4,5)6)14-15-30(31,32)19-42-24-13-16-36(33-24)21(3)37/h10-13,16,18,20H,9,14-15,17,19H2,1-8H3,(H,34,39). The highest BCUT2D eigenvalue weighted by Gasteiger charge is 2.41. The lowest BCUT2D eigenvalue weighted by molar-refractivity contribution is -0.147. The van der Waals surface area contributed by atoms with Crippen molar-refractivity contribution in [1.29, 1.82) is 0 Å². The van der Waals surface area contributed by atoms with E-state index in [-0.39, 0.29) is 24.9 Å². The summed E-state index contributed by atoms with van der Waals surface area (Å²) in [6, 6.07) is 8.07. The topological polar surface area (TPSA) is 129 Å². The second-order valence-electron chi connectivity index (χ2n) is 11.6. The lowest BCUT2D eigenvalue weighted by Gasteiger charge is -2.33. The zero-order valence-corrected chi connectivity index (χ0v) is 26.0. The largest absolute Gasteiger partial charge is 0.470 e. The minimum Gasteiger partial charge on any atom is -0.470 e. The summed E-state index contributed by atoms with van der Waals surface area (Å²) in [5.74, 6) is -5.49. The Hall–Kier alpha value is -4.03. The third-order valence-electron chi connectivity index (χ3n) is 6.54. The SMILES string of the molecule is CCOC(=O)C(C)Cc1cccc(C(C)(CCC(F)(F)COc2ccn(C(C)=O)n2)C(=O)NN(C)C(=O)OC(C)(C)C)c1. The van der Waals surface area contributed by atoms with Gasteiger partial charge in [0.05, 0.1) is 17.9 Å². The van der Waals surface area contributed by atoms with E-state index < -0.39 is 53.8 Å². The fourth-order valence-corrected chi connectivity index (χ4v) is 4.05. The number of alkyl halides is 2. The van der Waals surface area contributed by atoms with E-state index >= 15 is 8.78 Å². The first-order chi connectivity index (χ1) is 19.9. The molecule has 238 valence electrons. The zero-order valence-electron chi connectivity index (χ0n) is 26.0. The molecule has 0 aliphatic carbocycles. The number of esters is 1. The Balaban J connectivity index is 2.31. The lowest BCUT2D eigenvalue weighted by atomic mass is 9.76. The number of ether oxygens (including phenoxy) is 3. The van der Waals surface area contributed by atoms with E-state index in [2.05, 4.69) is 10.5 Å². The van der Waals surface area contributed by atoms with Gasteiger partial charge in [-0.1, -0.05) is 31.2 Å². The summed E-state index contributed by atoms with van der Waals surface area (Å²) >= 11 is 0. The van der Waals surface area contributed by atoms with Gasteiger partial charge in [0.1, 0.15) is 5.60 Å². The fourth-order valence-electron chi connectivity index (χ4n) is 4.05. The summed E-state index contributed by atoms with van der Waals surface area (Å²) in [4.78, 5) is 49.8. The third-order valence-corrected chi connectivity index (χ3v) is 6.54. The number of carbonyl (C=O) groups excluding carboxylic acids is 4. The van der Waals surface area contributed by atoms with Crippen LogP contribution < -0.4 is 10.2 Å². The molecular formula is C30H42F2N4O7. The minimum absolute atomic E-state index is 0.141. The molecule has 0 radical (unpaired) electrons. The maximum Gasteiger partial charge on any atom is 0.428 e. The van der Waals surface area contributed by atoms with Crippen molar-refractivity contribution in [2.75, 3.05) is 20.3 Å². The summed E-state index contributed by atoms with van der Waals surface area (Å²) < 4.78 is 46.6. The van der Waals surface area contributed by atoms with Crippen LogP contribution >= 0.6 is 0 Å². The van der Waals surface area contributed by atoms with Gasteiger partial charge in [-0.25, -0.2) is 23.3 Å². The van der Waals surface area contributed by atoms with Crippen molar-refractivity contribution in [3.8, 4) is 5.88 Å². The van der Waals surface area contributed by atoms with Crippen molar-refractivity contribution in [3.63, 3.8) is 0 Å². The first kappa shape index (κ1) is 35.2. The average molecular weight is 609 g/mol. The van der Waals surface area contributed by atoms with Crippen LogP contribution in [0.4, 0.5) is 13.6 Å². The number of aromatic nitrogens is 2. The molecule has 2 unspecified atom stereocenters. The highest BCUT2D eigenvalue weighted by atomic mass is 19.3. The number of nitrogens with one attached hydrogen (secondary N) is 1. The van der Waals surface area contributed by atoms with Gasteiger partial charge in [0.15, 0.2) is 6.61 Å². The summed E-state index contributed by atoms with van der Waals surface area (Å²) in [5, 5.41) is 4.66. The molecule has 0 saturated heterocycles. The van der Waals surface area contributed by atoms with E-state index in [1.54, 1.807) is 58.9 Å². The average Bonchev–Trinajstić information content (AvgIpc) is 3.40. The van der Waals surface area contributed by atoms with Crippen LogP contribution in [0, 0.1) is 5.92 Å². The summed E-state index contributed by atoms with van der Waals surface area (Å²) in [6.07, 6.45) is -0.322. The molecule has 13 heteroatoms. The maximum atomic E-state index is 15.1. The van der Waals surface area contributed by atoms with Gasteiger partial charge in [-0.2, -0.15) is 0 Å². The van der Waals surface area contributed by atoms with Crippen LogP contribution in [-0.2, 0) is 30.9 Å². The molecule has 0 saturated carbocycles. The molecule has 11 nitrogen and oxygen atoms in total. The van der Waals surface area contributed by atoms with E-state index in [9.17, 15) is 19.2 Å². The molecule has 2 aromatic rings. The van der Waals surface area contributed by atoms with Gasteiger partial charge in [-0.05, 0) is 58.6 Å². The van der Waals surface area contributed by atoms with Crippen molar-refractivity contribution < 1.29 is 42.2 Å². The van der Waals surface area contributed by atoms with Crippen LogP contribution in [0.3, 0.4) is 0 Å². The van der Waals surface area contributed by atoms with Crippen LogP contribution in [-0.4, -0.2) is 70.5 Å². The second-order valence-corrected chi connectivity index (χ2v) is 11.6. The maximum absolute atomic E-state index is 15.1. The predicted molar refractivity (Wildman–Crippen MR) is 154 cm³/mol. The Morgan fingerprint density at radius 1 is 1.09 bits per heavy atom. The van der Waals surface area contributed by atoms with Gasteiger partial charge < -0.3 is 14.2 Å². The first-order valence-electron chi connectivity index (χ1n) is 14.0. The van der Waals surface area contributed by atoms with Gasteiger partial charge in [0.25, 0.3) is 5.92 Å². The summed E-state index contributed by atoms with van der Waals surface area (Å²) in [7, 11) is 1.30. The second kappa shape index (κ2) is 14.4. The molecule has 1 N–H and O–H groups in total. The number of halogens is 2. The van der Waals surface area contributed by atoms with E-state index in [1.165, 1.54) is 33.2 Å². The molecule has 0 bridgehead atoms. The minimum atomic E-state index is -3.38. The predicted octanol–water partition coefficient (Wildman–Crippen LogP) is 4.94. The Labute approximate surface area is 250 Å². The monoisotopic (exact) mass is 608 g/mol. The number of benzene rings is 1. The van der Waals surface area contributed by atoms with Crippen molar-refractivity contribution in [3.05, 3.63) is 47.7 Å². The van der Waals surface area contributed by atoms with E-state index in [0.29, 0.717) is 17.5 Å². The molecule has 2 rings (SSSR count). The van der Waals surface area contributed by atoms with Crippen molar-refractivity contribution in [1.82, 2.24) is 20.2 Å². The quantitative estimate of drug-likeness (QED) is 0.265. The normalized spacial score (nSPS) is 13.8. The van der Waals surface area contributed by atoms with E-state index in [1.807, 2.05) is 0 Å². The molecule has 0 spiro atoms. The van der Waals surface area contributed by atoms with Gasteiger partial charge in [-0.15, -0.1) is 5.10 Å². The Kier molecular flexibility index (Phi) is 11.8. The van der Waals surface area contributed by atoms with Crippen LogP contribution in [0.25, 0.3) is 0 Å². The fraction of sp³-hybridized carbons (Fsp3) is 0.567. The molecule has 2 amide bonds. The molecule has 1 heterocycles. The number of hydrogen-bond donors (Lipinski definition) is 1. The lowest BCUT2D eigenvalue weighted by Crippen LogP contribution is -2.52. The number of carbonyl (C=O) groups is 4. The van der Waals surface area contributed by atoms with Gasteiger partial charge in [0.2, 0.25) is 17.7 Å². The van der Waals surface area contributed by atoms with E-state index in [4.69, 9.17) is 14.2 Å².